The molecule has 1 unspecified atom stereocenters. The van der Waals surface area contributed by atoms with Gasteiger partial charge in [-0.15, -0.1) is 0 Å². The van der Waals surface area contributed by atoms with Crippen LogP contribution >= 0.6 is 11.3 Å². The number of aliphatic hydroxyl groups excluding tert-OH is 1. The molecule has 0 saturated carbocycles. The highest BCUT2D eigenvalue weighted by atomic mass is 32.1. The van der Waals surface area contributed by atoms with Crippen molar-refractivity contribution in [2.75, 3.05) is 32.3 Å². The zero-order valence-corrected chi connectivity index (χ0v) is 23.2. The van der Waals surface area contributed by atoms with Crippen molar-refractivity contribution in [3.63, 3.8) is 0 Å². The molecule has 2 aromatic carbocycles. The van der Waals surface area contributed by atoms with Crippen molar-refractivity contribution >= 4 is 39.9 Å². The van der Waals surface area contributed by atoms with Crippen molar-refractivity contribution in [3.8, 4) is 17.2 Å². The number of aryl methyl sites for hydroxylation is 1. The second kappa shape index (κ2) is 12.0. The minimum atomic E-state index is -1.09. The van der Waals surface area contributed by atoms with Crippen molar-refractivity contribution in [3.05, 3.63) is 82.4 Å². The number of Topliss-reactive ketones (excluding diaryl/α,β-unsaturated/α-hetero) is 1. The number of anilines is 1. The Balaban J connectivity index is 1.90. The highest BCUT2D eigenvalue weighted by Gasteiger charge is 2.48. The number of methoxy groups -OCH3 is 2. The first-order chi connectivity index (χ1) is 19.2. The van der Waals surface area contributed by atoms with Gasteiger partial charge >= 0.3 is 11.9 Å². The molecule has 1 aliphatic rings. The van der Waals surface area contributed by atoms with Gasteiger partial charge in [-0.1, -0.05) is 30.1 Å². The van der Waals surface area contributed by atoms with Crippen LogP contribution in [0, 0.1) is 6.92 Å². The lowest BCUT2D eigenvalue weighted by Crippen LogP contribution is -2.29. The van der Waals surface area contributed by atoms with Gasteiger partial charge in [-0.2, -0.15) is 0 Å². The van der Waals surface area contributed by atoms with Crippen molar-refractivity contribution in [2.24, 2.45) is 0 Å². The van der Waals surface area contributed by atoms with E-state index in [1.165, 1.54) is 19.1 Å². The highest BCUT2D eigenvalue weighted by molar-refractivity contribution is 7.17. The summed E-state index contributed by atoms with van der Waals surface area (Å²) < 4.78 is 21.5. The Morgan fingerprint density at radius 2 is 1.85 bits per heavy atom. The molecule has 10 nitrogen and oxygen atoms in total. The summed E-state index contributed by atoms with van der Waals surface area (Å²) in [6.45, 7) is 7.75. The number of nitrogens with zero attached hydrogens (tertiary/aromatic N) is 2. The van der Waals surface area contributed by atoms with E-state index in [-0.39, 0.29) is 21.3 Å². The standard InChI is InChI=1S/C29H28N2O8S/c1-6-14-39-19-11-8-17(9-12-19)24(32)22-23(18-10-13-20(38-7-2)21(15-18)36-4)31(27(34)25(22)33)29-30-16(3)26(40-29)28(35)37-5/h6,8-13,15,23,32H,1,7,14H2,2-5H3/b24-22+. The Labute approximate surface area is 235 Å². The van der Waals surface area contributed by atoms with E-state index in [9.17, 15) is 19.5 Å². The summed E-state index contributed by atoms with van der Waals surface area (Å²) >= 11 is 0.916. The van der Waals surface area contributed by atoms with Crippen LogP contribution in [0.3, 0.4) is 0 Å². The zero-order chi connectivity index (χ0) is 29.0. The number of rotatable bonds is 10. The largest absolute Gasteiger partial charge is 0.507 e. The van der Waals surface area contributed by atoms with Crippen molar-refractivity contribution in [2.45, 2.75) is 19.9 Å². The molecule has 4 rings (SSSR count). The second-order valence-electron chi connectivity index (χ2n) is 8.54. The quantitative estimate of drug-likeness (QED) is 0.121. The molecule has 1 atom stereocenters. The number of amides is 1. The van der Waals surface area contributed by atoms with E-state index in [1.54, 1.807) is 55.5 Å². The van der Waals surface area contributed by atoms with E-state index in [2.05, 4.69) is 11.6 Å². The van der Waals surface area contributed by atoms with Crippen LogP contribution in [0.1, 0.15) is 39.5 Å². The third-order valence-corrected chi connectivity index (χ3v) is 7.24. The van der Waals surface area contributed by atoms with Gasteiger partial charge in [0.15, 0.2) is 16.6 Å². The maximum Gasteiger partial charge on any atom is 0.350 e. The Kier molecular flexibility index (Phi) is 8.54. The van der Waals surface area contributed by atoms with E-state index in [0.717, 1.165) is 11.3 Å². The minimum Gasteiger partial charge on any atom is -0.507 e. The molecular formula is C29H28N2O8S. The van der Waals surface area contributed by atoms with Gasteiger partial charge in [0.2, 0.25) is 0 Å². The minimum absolute atomic E-state index is 0.102. The Morgan fingerprint density at radius 3 is 2.48 bits per heavy atom. The molecule has 1 aliphatic heterocycles. The SMILES string of the molecule is C=CCOc1ccc(/C(O)=C2\C(=O)C(=O)N(c3nc(C)c(C(=O)OC)s3)C2c2ccc(OCC)c(OC)c2)cc1. The van der Waals surface area contributed by atoms with Crippen LogP contribution in [0.15, 0.2) is 60.7 Å². The summed E-state index contributed by atoms with van der Waals surface area (Å²) in [6, 6.07) is 10.3. The lowest BCUT2D eigenvalue weighted by Gasteiger charge is -2.24. The summed E-state index contributed by atoms with van der Waals surface area (Å²) in [5.74, 6) is -1.42. The number of carbonyl (C=O) groups is 3. The molecule has 0 spiro atoms. The molecule has 0 bridgehead atoms. The van der Waals surface area contributed by atoms with Crippen molar-refractivity contribution < 1.29 is 38.4 Å². The summed E-state index contributed by atoms with van der Waals surface area (Å²) in [5.41, 5.74) is 0.951. The predicted octanol–water partition coefficient (Wildman–Crippen LogP) is 4.84. The van der Waals surface area contributed by atoms with Gasteiger partial charge in [0, 0.05) is 5.56 Å². The monoisotopic (exact) mass is 564 g/mol. The first-order valence-corrected chi connectivity index (χ1v) is 13.1. The number of hydrogen-bond donors (Lipinski definition) is 1. The van der Waals surface area contributed by atoms with Crippen LogP contribution in [0.5, 0.6) is 17.2 Å². The normalized spacial score (nSPS) is 16.1. The Morgan fingerprint density at radius 1 is 1.12 bits per heavy atom. The number of aliphatic hydroxyl groups is 1. The van der Waals surface area contributed by atoms with Crippen molar-refractivity contribution in [1.29, 1.82) is 0 Å². The number of ether oxygens (including phenoxy) is 4. The summed E-state index contributed by atoms with van der Waals surface area (Å²) in [7, 11) is 2.72. The van der Waals surface area contributed by atoms with Gasteiger partial charge in [0.1, 0.15) is 23.0 Å². The lowest BCUT2D eigenvalue weighted by molar-refractivity contribution is -0.132. The first-order valence-electron chi connectivity index (χ1n) is 12.3. The molecule has 0 radical (unpaired) electrons. The molecule has 2 heterocycles. The summed E-state index contributed by atoms with van der Waals surface area (Å²) in [6.07, 6.45) is 1.60. The van der Waals surface area contributed by atoms with Crippen molar-refractivity contribution in [1.82, 2.24) is 4.98 Å². The molecule has 1 N–H and O–H groups in total. The van der Waals surface area contributed by atoms with Crippen LogP contribution in [0.25, 0.3) is 5.76 Å². The maximum atomic E-state index is 13.5. The molecule has 3 aromatic rings. The number of esters is 1. The third-order valence-electron chi connectivity index (χ3n) is 6.11. The molecule has 1 fully saturated rings. The highest BCUT2D eigenvalue weighted by Crippen LogP contribution is 2.45. The lowest BCUT2D eigenvalue weighted by atomic mass is 9.95. The molecule has 1 amide bonds. The van der Waals surface area contributed by atoms with Gasteiger partial charge < -0.3 is 24.1 Å². The Hall–Kier alpha value is -4.64. The maximum absolute atomic E-state index is 13.5. The van der Waals surface area contributed by atoms with E-state index in [4.69, 9.17) is 18.9 Å². The Bertz CT molecular complexity index is 1490. The zero-order valence-electron chi connectivity index (χ0n) is 22.4. The second-order valence-corrected chi connectivity index (χ2v) is 9.52. The van der Waals surface area contributed by atoms with Gasteiger partial charge in [-0.3, -0.25) is 14.5 Å². The molecule has 40 heavy (non-hydrogen) atoms. The van der Waals surface area contributed by atoms with Crippen LogP contribution in [-0.2, 0) is 14.3 Å². The van der Waals surface area contributed by atoms with E-state index >= 15 is 0 Å². The average molecular weight is 565 g/mol. The van der Waals surface area contributed by atoms with E-state index in [1.807, 2.05) is 6.92 Å². The first kappa shape index (κ1) is 28.4. The number of thiazole rings is 1. The van der Waals surface area contributed by atoms with Crippen LogP contribution in [0.2, 0.25) is 0 Å². The summed E-state index contributed by atoms with van der Waals surface area (Å²) in [4.78, 5) is 45.0. The number of ketones is 1. The fraction of sp³-hybridized carbons (Fsp3) is 0.241. The number of aromatic nitrogens is 1. The smallest absolute Gasteiger partial charge is 0.350 e. The topological polar surface area (TPSA) is 124 Å². The molecular weight excluding hydrogens is 536 g/mol. The van der Waals surface area contributed by atoms with Gasteiger partial charge in [-0.25, -0.2) is 9.78 Å². The van der Waals surface area contributed by atoms with E-state index in [0.29, 0.717) is 47.3 Å². The number of hydrogen-bond acceptors (Lipinski definition) is 10. The van der Waals surface area contributed by atoms with Crippen LogP contribution < -0.4 is 19.1 Å². The van der Waals surface area contributed by atoms with Gasteiger partial charge in [0.25, 0.3) is 5.78 Å². The number of benzene rings is 2. The molecule has 1 aromatic heterocycles. The third kappa shape index (κ3) is 5.28. The average Bonchev–Trinajstić information content (AvgIpc) is 3.47. The summed E-state index contributed by atoms with van der Waals surface area (Å²) in [5, 5.41) is 11.5. The fourth-order valence-electron chi connectivity index (χ4n) is 4.26. The molecule has 11 heteroatoms. The fourth-order valence-corrected chi connectivity index (χ4v) is 5.27. The van der Waals surface area contributed by atoms with E-state index < -0.39 is 23.7 Å². The van der Waals surface area contributed by atoms with Crippen LogP contribution in [-0.4, -0.2) is 55.2 Å². The van der Waals surface area contributed by atoms with Gasteiger partial charge in [-0.05, 0) is 55.8 Å². The molecule has 208 valence electrons. The van der Waals surface area contributed by atoms with Gasteiger partial charge in [0.05, 0.1) is 38.1 Å². The molecule has 0 aliphatic carbocycles. The number of carbonyl (C=O) groups excluding carboxylic acids is 3. The predicted molar refractivity (Wildman–Crippen MR) is 149 cm³/mol. The van der Waals surface area contributed by atoms with Crippen LogP contribution in [0.4, 0.5) is 5.13 Å². The molecule has 1 saturated heterocycles.